The van der Waals surface area contributed by atoms with E-state index in [4.69, 9.17) is 14.2 Å². The molecular weight excluding hydrogens is 496 g/mol. The molecule has 0 aliphatic carbocycles. The van der Waals surface area contributed by atoms with Crippen LogP contribution in [0.25, 0.3) is 0 Å². The standard InChI is InChI=1S/C30H40N4O5/c1-23-6-9-27(10-7-23)39-22-30(36)20-32(15-16-34(21-30)25(3)35)19-26-8-11-28(29(18-26)37-4)38-17-5-13-33-14-12-31-24(33)2/h6-12,14,18,36H,5,13,15-17,19-22H2,1-4H3/t30-/m0/s1. The Morgan fingerprint density at radius 1 is 1.05 bits per heavy atom. The Balaban J connectivity index is 1.38. The zero-order valence-corrected chi connectivity index (χ0v) is 23.4. The van der Waals surface area contributed by atoms with Crippen molar-refractivity contribution in [3.63, 3.8) is 0 Å². The molecule has 0 bridgehead atoms. The maximum Gasteiger partial charge on any atom is 0.219 e. The molecular formula is C30H40N4O5. The predicted octanol–water partition coefficient (Wildman–Crippen LogP) is 3.45. The fraction of sp³-hybridized carbons (Fsp3) is 0.467. The number of benzene rings is 2. The second-order valence-corrected chi connectivity index (χ2v) is 10.3. The van der Waals surface area contributed by atoms with Crippen molar-refractivity contribution in [3.8, 4) is 17.2 Å². The summed E-state index contributed by atoms with van der Waals surface area (Å²) in [5.74, 6) is 3.00. The van der Waals surface area contributed by atoms with Crippen LogP contribution >= 0.6 is 0 Å². The Kier molecular flexibility index (Phi) is 9.48. The van der Waals surface area contributed by atoms with E-state index in [2.05, 4.69) is 14.5 Å². The molecule has 1 aromatic heterocycles. The van der Waals surface area contributed by atoms with Crippen LogP contribution < -0.4 is 14.2 Å². The molecule has 1 atom stereocenters. The minimum atomic E-state index is -1.21. The highest BCUT2D eigenvalue weighted by Gasteiger charge is 2.37. The molecule has 0 spiro atoms. The van der Waals surface area contributed by atoms with Gasteiger partial charge in [0.1, 0.15) is 23.8 Å². The molecule has 1 fully saturated rings. The Labute approximate surface area is 230 Å². The molecule has 0 radical (unpaired) electrons. The van der Waals surface area contributed by atoms with E-state index in [1.165, 1.54) is 6.92 Å². The normalized spacial score (nSPS) is 18.0. The van der Waals surface area contributed by atoms with E-state index in [1.807, 2.05) is 62.5 Å². The summed E-state index contributed by atoms with van der Waals surface area (Å²) in [6, 6.07) is 13.7. The van der Waals surface area contributed by atoms with Crippen LogP contribution in [-0.2, 0) is 17.9 Å². The molecule has 0 saturated carbocycles. The lowest BCUT2D eigenvalue weighted by atomic mass is 10.0. The highest BCUT2D eigenvalue weighted by atomic mass is 16.5. The molecule has 0 unspecified atom stereocenters. The van der Waals surface area contributed by atoms with Gasteiger partial charge in [0.05, 0.1) is 20.3 Å². The van der Waals surface area contributed by atoms with Gasteiger partial charge in [0.25, 0.3) is 0 Å². The number of nitrogens with zero attached hydrogens (tertiary/aromatic N) is 4. The summed E-state index contributed by atoms with van der Waals surface area (Å²) in [6.07, 6.45) is 4.63. The zero-order chi connectivity index (χ0) is 27.8. The minimum absolute atomic E-state index is 0.0584. The maximum atomic E-state index is 12.2. The molecule has 2 aromatic carbocycles. The van der Waals surface area contributed by atoms with E-state index in [-0.39, 0.29) is 19.1 Å². The van der Waals surface area contributed by atoms with Crippen LogP contribution in [0.15, 0.2) is 54.9 Å². The molecule has 1 aliphatic rings. The number of hydrogen-bond acceptors (Lipinski definition) is 7. The number of amides is 1. The van der Waals surface area contributed by atoms with Gasteiger partial charge in [-0.15, -0.1) is 0 Å². The number of β-amino-alcohol motifs (C(OH)–C–C–N with tert-alkyl or cyclic N) is 1. The predicted molar refractivity (Wildman–Crippen MR) is 149 cm³/mol. The average Bonchev–Trinajstić information content (AvgIpc) is 3.24. The number of imidazole rings is 1. The van der Waals surface area contributed by atoms with E-state index in [9.17, 15) is 9.90 Å². The summed E-state index contributed by atoms with van der Waals surface area (Å²) < 4.78 is 19.7. The number of methoxy groups -OCH3 is 1. The van der Waals surface area contributed by atoms with Crippen molar-refractivity contribution in [1.29, 1.82) is 0 Å². The van der Waals surface area contributed by atoms with Crippen LogP contribution in [-0.4, -0.2) is 82.5 Å². The molecule has 1 aliphatic heterocycles. The minimum Gasteiger partial charge on any atom is -0.493 e. The lowest BCUT2D eigenvalue weighted by Gasteiger charge is -2.32. The van der Waals surface area contributed by atoms with Gasteiger partial charge in [-0.25, -0.2) is 4.98 Å². The second kappa shape index (κ2) is 13.0. The quantitative estimate of drug-likeness (QED) is 0.376. The van der Waals surface area contributed by atoms with Gasteiger partial charge in [-0.3, -0.25) is 9.69 Å². The van der Waals surface area contributed by atoms with Gasteiger partial charge in [0, 0.05) is 52.0 Å². The Bertz CT molecular complexity index is 1230. The first kappa shape index (κ1) is 28.4. The molecule has 1 saturated heterocycles. The molecule has 4 rings (SSSR count). The van der Waals surface area contributed by atoms with Gasteiger partial charge in [-0.2, -0.15) is 0 Å². The highest BCUT2D eigenvalue weighted by Crippen LogP contribution is 2.29. The molecule has 9 heteroatoms. The van der Waals surface area contributed by atoms with Crippen molar-refractivity contribution in [3.05, 3.63) is 71.8 Å². The van der Waals surface area contributed by atoms with E-state index >= 15 is 0 Å². The van der Waals surface area contributed by atoms with Crippen molar-refractivity contribution < 1.29 is 24.1 Å². The zero-order valence-electron chi connectivity index (χ0n) is 23.4. The van der Waals surface area contributed by atoms with Crippen molar-refractivity contribution >= 4 is 5.91 Å². The Morgan fingerprint density at radius 2 is 1.85 bits per heavy atom. The summed E-state index contributed by atoms with van der Waals surface area (Å²) in [7, 11) is 1.64. The largest absolute Gasteiger partial charge is 0.493 e. The summed E-state index contributed by atoms with van der Waals surface area (Å²) in [6.45, 7) is 9.40. The lowest BCUT2D eigenvalue weighted by molar-refractivity contribution is -0.132. The first-order valence-corrected chi connectivity index (χ1v) is 13.4. The van der Waals surface area contributed by atoms with Crippen LogP contribution in [0.4, 0.5) is 0 Å². The number of ether oxygens (including phenoxy) is 3. The third-order valence-electron chi connectivity index (χ3n) is 7.02. The third kappa shape index (κ3) is 7.97. The number of aryl methyl sites for hydroxylation is 3. The van der Waals surface area contributed by atoms with E-state index in [0.29, 0.717) is 50.0 Å². The van der Waals surface area contributed by atoms with E-state index in [1.54, 1.807) is 18.2 Å². The lowest BCUT2D eigenvalue weighted by Crippen LogP contribution is -2.51. The van der Waals surface area contributed by atoms with Crippen LogP contribution in [0.3, 0.4) is 0 Å². The summed E-state index contributed by atoms with van der Waals surface area (Å²) in [4.78, 5) is 20.4. The molecule has 1 N–H and O–H groups in total. The Hall–Kier alpha value is -3.56. The number of hydrogen-bond donors (Lipinski definition) is 1. The van der Waals surface area contributed by atoms with Gasteiger partial charge in [0.15, 0.2) is 11.5 Å². The van der Waals surface area contributed by atoms with Crippen LogP contribution in [0, 0.1) is 13.8 Å². The van der Waals surface area contributed by atoms with Crippen LogP contribution in [0.1, 0.15) is 30.3 Å². The van der Waals surface area contributed by atoms with Crippen molar-refractivity contribution in [1.82, 2.24) is 19.4 Å². The molecule has 39 heavy (non-hydrogen) atoms. The first-order valence-electron chi connectivity index (χ1n) is 13.4. The van der Waals surface area contributed by atoms with Crippen molar-refractivity contribution in [2.45, 2.75) is 45.9 Å². The average molecular weight is 537 g/mol. The van der Waals surface area contributed by atoms with E-state index < -0.39 is 5.60 Å². The summed E-state index contributed by atoms with van der Waals surface area (Å²) in [5, 5.41) is 11.6. The van der Waals surface area contributed by atoms with E-state index in [0.717, 1.165) is 29.9 Å². The van der Waals surface area contributed by atoms with Crippen molar-refractivity contribution in [2.24, 2.45) is 0 Å². The van der Waals surface area contributed by atoms with Crippen LogP contribution in [0.2, 0.25) is 0 Å². The molecule has 210 valence electrons. The SMILES string of the molecule is COc1cc(CN2CCN(C(C)=O)C[C@](O)(COc3ccc(C)cc3)C2)ccc1OCCCn1ccnc1C. The third-order valence-corrected chi connectivity index (χ3v) is 7.02. The van der Waals surface area contributed by atoms with Gasteiger partial charge in [0.2, 0.25) is 5.91 Å². The number of rotatable bonds is 11. The van der Waals surface area contributed by atoms with Gasteiger partial charge >= 0.3 is 0 Å². The fourth-order valence-corrected chi connectivity index (χ4v) is 4.83. The molecule has 9 nitrogen and oxygen atoms in total. The van der Waals surface area contributed by atoms with Gasteiger partial charge in [-0.1, -0.05) is 23.8 Å². The Morgan fingerprint density at radius 3 is 2.54 bits per heavy atom. The summed E-state index contributed by atoms with van der Waals surface area (Å²) in [5.41, 5.74) is 0.959. The number of carbonyl (C=O) groups is 1. The number of carbonyl (C=O) groups excluding carboxylic acids is 1. The number of aromatic nitrogens is 2. The smallest absolute Gasteiger partial charge is 0.219 e. The maximum absolute atomic E-state index is 12.2. The van der Waals surface area contributed by atoms with Gasteiger partial charge < -0.3 is 28.8 Å². The first-order chi connectivity index (χ1) is 18.7. The van der Waals surface area contributed by atoms with Crippen LogP contribution in [0.5, 0.6) is 17.2 Å². The fourth-order valence-electron chi connectivity index (χ4n) is 4.83. The number of aliphatic hydroxyl groups is 1. The molecule has 2 heterocycles. The van der Waals surface area contributed by atoms with Gasteiger partial charge in [-0.05, 0) is 50.1 Å². The summed E-state index contributed by atoms with van der Waals surface area (Å²) >= 11 is 0. The topological polar surface area (TPSA) is 89.3 Å². The van der Waals surface area contributed by atoms with Crippen molar-refractivity contribution in [2.75, 3.05) is 46.5 Å². The molecule has 3 aromatic rings. The second-order valence-electron chi connectivity index (χ2n) is 10.3. The monoisotopic (exact) mass is 536 g/mol. The highest BCUT2D eigenvalue weighted by molar-refractivity contribution is 5.73. The molecule has 1 amide bonds.